The molecule has 0 amide bonds. The van der Waals surface area contributed by atoms with Crippen LogP contribution in [-0.2, 0) is 6.54 Å². The van der Waals surface area contributed by atoms with E-state index in [4.69, 9.17) is 0 Å². The van der Waals surface area contributed by atoms with Crippen LogP contribution >= 0.6 is 11.3 Å². The monoisotopic (exact) mass is 264 g/mol. The highest BCUT2D eigenvalue weighted by molar-refractivity contribution is 7.09. The van der Waals surface area contributed by atoms with E-state index in [1.807, 2.05) is 11.3 Å². The van der Waals surface area contributed by atoms with Gasteiger partial charge in [-0.05, 0) is 51.0 Å². The Labute approximate surface area is 114 Å². The summed E-state index contributed by atoms with van der Waals surface area (Å²) < 4.78 is 0. The molecule has 1 aliphatic heterocycles. The maximum absolute atomic E-state index is 3.82. The van der Waals surface area contributed by atoms with Crippen LogP contribution in [0.4, 0.5) is 0 Å². The van der Waals surface area contributed by atoms with Gasteiger partial charge < -0.3 is 5.32 Å². The number of rotatable bonds is 3. The summed E-state index contributed by atoms with van der Waals surface area (Å²) in [6.45, 7) is 10.5. The lowest BCUT2D eigenvalue weighted by Crippen LogP contribution is -2.67. The van der Waals surface area contributed by atoms with Crippen molar-refractivity contribution in [3.8, 4) is 0 Å². The van der Waals surface area contributed by atoms with E-state index in [1.165, 1.54) is 24.3 Å². The van der Waals surface area contributed by atoms with Gasteiger partial charge in [0.2, 0.25) is 0 Å². The fourth-order valence-electron chi connectivity index (χ4n) is 3.05. The second-order valence-electron chi connectivity index (χ2n) is 6.79. The summed E-state index contributed by atoms with van der Waals surface area (Å²) in [6, 6.07) is 4.42. The van der Waals surface area contributed by atoms with E-state index in [0.717, 1.165) is 19.0 Å². The van der Waals surface area contributed by atoms with E-state index in [2.05, 4.69) is 48.5 Å². The molecule has 0 aromatic carbocycles. The topological polar surface area (TPSA) is 15.3 Å². The van der Waals surface area contributed by atoms with Crippen LogP contribution in [0.1, 0.15) is 38.5 Å². The minimum Gasteiger partial charge on any atom is -0.308 e. The van der Waals surface area contributed by atoms with Gasteiger partial charge in [0, 0.05) is 35.6 Å². The molecule has 1 aromatic heterocycles. The molecule has 3 heteroatoms. The second kappa shape index (κ2) is 4.32. The largest absolute Gasteiger partial charge is 0.308 e. The molecule has 2 nitrogen and oxygen atoms in total. The van der Waals surface area contributed by atoms with Crippen molar-refractivity contribution in [2.45, 2.75) is 51.2 Å². The molecule has 100 valence electrons. The summed E-state index contributed by atoms with van der Waals surface area (Å²) in [5.74, 6) is 0.902. The van der Waals surface area contributed by atoms with Crippen molar-refractivity contribution in [3.05, 3.63) is 22.4 Å². The number of hydrogen-bond donors (Lipinski definition) is 1. The summed E-state index contributed by atoms with van der Waals surface area (Å²) in [6.07, 6.45) is 2.83. The van der Waals surface area contributed by atoms with Crippen LogP contribution in [0.5, 0.6) is 0 Å². The van der Waals surface area contributed by atoms with Gasteiger partial charge in [0.1, 0.15) is 0 Å². The third-order valence-electron chi connectivity index (χ3n) is 4.71. The molecule has 1 atom stereocenters. The number of piperazine rings is 1. The van der Waals surface area contributed by atoms with Crippen LogP contribution in [-0.4, -0.2) is 29.1 Å². The molecule has 3 rings (SSSR count). The van der Waals surface area contributed by atoms with E-state index in [9.17, 15) is 0 Å². The molecule has 18 heavy (non-hydrogen) atoms. The Morgan fingerprint density at radius 3 is 2.78 bits per heavy atom. The molecule has 2 heterocycles. The van der Waals surface area contributed by atoms with Gasteiger partial charge >= 0.3 is 0 Å². The van der Waals surface area contributed by atoms with E-state index in [0.29, 0.717) is 5.54 Å². The molecule has 1 aliphatic carbocycles. The first-order chi connectivity index (χ1) is 8.50. The number of hydrogen-bond acceptors (Lipinski definition) is 3. The van der Waals surface area contributed by atoms with Gasteiger partial charge in [-0.25, -0.2) is 0 Å². The third-order valence-corrected chi connectivity index (χ3v) is 5.57. The van der Waals surface area contributed by atoms with E-state index in [1.54, 1.807) is 0 Å². The fourth-order valence-corrected chi connectivity index (χ4v) is 3.77. The van der Waals surface area contributed by atoms with Crippen LogP contribution in [0.15, 0.2) is 17.5 Å². The zero-order chi connectivity index (χ0) is 12.8. The van der Waals surface area contributed by atoms with Gasteiger partial charge in [0.15, 0.2) is 0 Å². The molecular formula is C15H24N2S. The van der Waals surface area contributed by atoms with Crippen molar-refractivity contribution in [2.75, 3.05) is 13.1 Å². The molecule has 0 radical (unpaired) electrons. The molecule has 1 unspecified atom stereocenters. The van der Waals surface area contributed by atoms with Crippen LogP contribution < -0.4 is 5.32 Å². The molecule has 1 saturated heterocycles. The van der Waals surface area contributed by atoms with Crippen LogP contribution in [0, 0.1) is 5.92 Å². The lowest BCUT2D eigenvalue weighted by molar-refractivity contribution is 0.0186. The zero-order valence-corrected chi connectivity index (χ0v) is 12.5. The third kappa shape index (κ3) is 2.36. The minimum absolute atomic E-state index is 0.262. The van der Waals surface area contributed by atoms with Gasteiger partial charge in [-0.2, -0.15) is 0 Å². The molecule has 0 spiro atoms. The van der Waals surface area contributed by atoms with Gasteiger partial charge in [-0.3, -0.25) is 4.90 Å². The van der Waals surface area contributed by atoms with Crippen molar-refractivity contribution in [3.63, 3.8) is 0 Å². The van der Waals surface area contributed by atoms with Crippen LogP contribution in [0.3, 0.4) is 0 Å². The van der Waals surface area contributed by atoms with E-state index >= 15 is 0 Å². The smallest absolute Gasteiger partial charge is 0.0334 e. The molecule has 2 aliphatic rings. The maximum atomic E-state index is 3.82. The lowest BCUT2D eigenvalue weighted by atomic mass is 9.86. The SMILES string of the molecule is CC1(C2CC2)CN(Cc2cccs2)C(C)(C)CN1. The summed E-state index contributed by atoms with van der Waals surface area (Å²) >= 11 is 1.88. The standard InChI is InChI=1S/C15H24N2S/c1-14(2)10-16-15(3,12-6-7-12)11-17(14)9-13-5-4-8-18-13/h4-5,8,12,16H,6-7,9-11H2,1-3H3. The molecule has 0 bridgehead atoms. The Hall–Kier alpha value is -0.380. The van der Waals surface area contributed by atoms with Gasteiger partial charge in [-0.1, -0.05) is 6.07 Å². The highest BCUT2D eigenvalue weighted by Gasteiger charge is 2.47. The average Bonchev–Trinajstić information content (AvgIpc) is 3.06. The van der Waals surface area contributed by atoms with E-state index < -0.39 is 0 Å². The maximum Gasteiger partial charge on any atom is 0.0334 e. The Balaban J connectivity index is 1.75. The highest BCUT2D eigenvalue weighted by Crippen LogP contribution is 2.42. The van der Waals surface area contributed by atoms with Crippen molar-refractivity contribution in [2.24, 2.45) is 5.92 Å². The van der Waals surface area contributed by atoms with E-state index in [-0.39, 0.29) is 5.54 Å². The number of nitrogens with zero attached hydrogens (tertiary/aromatic N) is 1. The van der Waals surface area contributed by atoms with Gasteiger partial charge in [-0.15, -0.1) is 11.3 Å². The predicted octanol–water partition coefficient (Wildman–Crippen LogP) is 3.10. The molecule has 1 aromatic rings. The Morgan fingerprint density at radius 2 is 2.17 bits per heavy atom. The normalized spacial score (nSPS) is 32.6. The molecule has 1 saturated carbocycles. The highest BCUT2D eigenvalue weighted by atomic mass is 32.1. The van der Waals surface area contributed by atoms with Crippen molar-refractivity contribution >= 4 is 11.3 Å². The lowest BCUT2D eigenvalue weighted by Gasteiger charge is -2.51. The summed E-state index contributed by atoms with van der Waals surface area (Å²) in [7, 11) is 0. The summed E-state index contributed by atoms with van der Waals surface area (Å²) in [4.78, 5) is 4.16. The second-order valence-corrected chi connectivity index (χ2v) is 7.83. The first kappa shape index (κ1) is 12.6. The van der Waals surface area contributed by atoms with Gasteiger partial charge in [0.25, 0.3) is 0 Å². The predicted molar refractivity (Wildman–Crippen MR) is 77.9 cm³/mol. The first-order valence-corrected chi connectivity index (χ1v) is 7.90. The molecule has 1 N–H and O–H groups in total. The minimum atomic E-state index is 0.262. The molecular weight excluding hydrogens is 240 g/mol. The zero-order valence-electron chi connectivity index (χ0n) is 11.7. The Bertz CT molecular complexity index is 408. The number of nitrogens with one attached hydrogen (secondary N) is 1. The molecule has 2 fully saturated rings. The van der Waals surface area contributed by atoms with Crippen molar-refractivity contribution in [1.82, 2.24) is 10.2 Å². The number of thiophene rings is 1. The van der Waals surface area contributed by atoms with Crippen LogP contribution in [0.2, 0.25) is 0 Å². The Kier molecular flexibility index (Phi) is 3.04. The van der Waals surface area contributed by atoms with Gasteiger partial charge in [0.05, 0.1) is 0 Å². The first-order valence-electron chi connectivity index (χ1n) is 7.02. The van der Waals surface area contributed by atoms with Crippen molar-refractivity contribution in [1.29, 1.82) is 0 Å². The van der Waals surface area contributed by atoms with Crippen molar-refractivity contribution < 1.29 is 0 Å². The Morgan fingerprint density at radius 1 is 1.39 bits per heavy atom. The fraction of sp³-hybridized carbons (Fsp3) is 0.733. The van der Waals surface area contributed by atoms with Crippen LogP contribution in [0.25, 0.3) is 0 Å². The quantitative estimate of drug-likeness (QED) is 0.902. The summed E-state index contributed by atoms with van der Waals surface area (Å²) in [5, 5.41) is 6.00. The summed E-state index contributed by atoms with van der Waals surface area (Å²) in [5.41, 5.74) is 0.602. The average molecular weight is 264 g/mol.